The number of ketones is 1. The van der Waals surface area contributed by atoms with Crippen LogP contribution in [-0.2, 0) is 14.3 Å². The summed E-state index contributed by atoms with van der Waals surface area (Å²) in [7, 11) is 0. The molecule has 0 saturated carbocycles. The minimum Gasteiger partial charge on any atom is -0.507 e. The van der Waals surface area contributed by atoms with E-state index in [0.717, 1.165) is 21.4 Å². The van der Waals surface area contributed by atoms with Gasteiger partial charge < -0.3 is 9.84 Å². The first-order valence-corrected chi connectivity index (χ1v) is 12.1. The highest BCUT2D eigenvalue weighted by atomic mass is 79.9. The van der Waals surface area contributed by atoms with Crippen LogP contribution in [0, 0.1) is 13.8 Å². The van der Waals surface area contributed by atoms with Crippen molar-refractivity contribution in [2.45, 2.75) is 26.8 Å². The first-order valence-electron chi connectivity index (χ1n) is 10.5. The molecule has 0 bridgehead atoms. The molecule has 3 aromatic rings. The van der Waals surface area contributed by atoms with Crippen molar-refractivity contribution in [3.05, 3.63) is 85.8 Å². The summed E-state index contributed by atoms with van der Waals surface area (Å²) in [4.78, 5) is 44.7. The zero-order valence-corrected chi connectivity index (χ0v) is 21.1. The Morgan fingerprint density at radius 2 is 1.76 bits per heavy atom. The van der Waals surface area contributed by atoms with Gasteiger partial charge in [-0.2, -0.15) is 0 Å². The number of aromatic nitrogens is 1. The van der Waals surface area contributed by atoms with E-state index >= 15 is 0 Å². The molecular weight excluding hydrogens is 520 g/mol. The molecule has 0 spiro atoms. The van der Waals surface area contributed by atoms with E-state index in [9.17, 15) is 19.5 Å². The molecule has 0 aliphatic carbocycles. The molecule has 34 heavy (non-hydrogen) atoms. The molecule has 1 aromatic heterocycles. The predicted octanol–water partition coefficient (Wildman–Crippen LogP) is 5.33. The van der Waals surface area contributed by atoms with E-state index in [4.69, 9.17) is 4.74 Å². The lowest BCUT2D eigenvalue weighted by atomic mass is 9.95. The Kier molecular flexibility index (Phi) is 6.67. The number of amides is 1. The lowest BCUT2D eigenvalue weighted by Gasteiger charge is -2.23. The number of anilines is 1. The third-order valence-electron chi connectivity index (χ3n) is 5.41. The fourth-order valence-electron chi connectivity index (χ4n) is 3.73. The maximum atomic E-state index is 13.2. The molecule has 0 radical (unpaired) electrons. The van der Waals surface area contributed by atoms with E-state index in [1.807, 2.05) is 19.1 Å². The number of aryl methyl sites for hydroxylation is 2. The molecule has 2 aromatic carbocycles. The molecule has 1 aliphatic rings. The van der Waals surface area contributed by atoms with Crippen molar-refractivity contribution < 1.29 is 24.2 Å². The number of benzene rings is 2. The summed E-state index contributed by atoms with van der Waals surface area (Å²) in [5.74, 6) is -2.46. The maximum Gasteiger partial charge on any atom is 0.350 e. The largest absolute Gasteiger partial charge is 0.507 e. The van der Waals surface area contributed by atoms with Gasteiger partial charge in [0.1, 0.15) is 10.6 Å². The Hall–Kier alpha value is -3.30. The number of esters is 1. The van der Waals surface area contributed by atoms with E-state index in [1.54, 1.807) is 50.2 Å². The molecule has 1 unspecified atom stereocenters. The molecule has 1 N–H and O–H groups in total. The van der Waals surface area contributed by atoms with Crippen LogP contribution in [0.3, 0.4) is 0 Å². The van der Waals surface area contributed by atoms with Gasteiger partial charge in [0.15, 0.2) is 5.13 Å². The topological polar surface area (TPSA) is 96.8 Å². The lowest BCUT2D eigenvalue weighted by Crippen LogP contribution is -2.29. The average Bonchev–Trinajstić information content (AvgIpc) is 3.31. The minimum absolute atomic E-state index is 0.0401. The number of ether oxygens (including phenoxy) is 1. The molecule has 1 amide bonds. The van der Waals surface area contributed by atoms with Crippen molar-refractivity contribution in [3.63, 3.8) is 0 Å². The van der Waals surface area contributed by atoms with Crippen LogP contribution in [0.5, 0.6) is 0 Å². The van der Waals surface area contributed by atoms with Crippen LogP contribution in [0.4, 0.5) is 5.13 Å². The predicted molar refractivity (Wildman–Crippen MR) is 133 cm³/mol. The summed E-state index contributed by atoms with van der Waals surface area (Å²) in [6.45, 7) is 5.46. The zero-order chi connectivity index (χ0) is 24.6. The highest BCUT2D eigenvalue weighted by molar-refractivity contribution is 9.10. The van der Waals surface area contributed by atoms with Gasteiger partial charge in [-0.05, 0) is 38.5 Å². The van der Waals surface area contributed by atoms with E-state index in [0.29, 0.717) is 16.8 Å². The summed E-state index contributed by atoms with van der Waals surface area (Å²) >= 11 is 4.38. The fraction of sp³-hybridized carbons (Fsp3) is 0.200. The number of carbonyl (C=O) groups excluding carboxylic acids is 3. The van der Waals surface area contributed by atoms with Crippen molar-refractivity contribution in [3.8, 4) is 0 Å². The van der Waals surface area contributed by atoms with Crippen LogP contribution in [0.15, 0.2) is 58.6 Å². The van der Waals surface area contributed by atoms with Gasteiger partial charge in [0.25, 0.3) is 5.78 Å². The second-order valence-electron chi connectivity index (χ2n) is 7.72. The number of hydrogen-bond donors (Lipinski definition) is 1. The molecule has 4 rings (SSSR count). The number of halogens is 1. The van der Waals surface area contributed by atoms with Crippen LogP contribution < -0.4 is 4.90 Å². The summed E-state index contributed by atoms with van der Waals surface area (Å²) in [5.41, 5.74) is 2.39. The van der Waals surface area contributed by atoms with Gasteiger partial charge in [-0.25, -0.2) is 9.78 Å². The van der Waals surface area contributed by atoms with Crippen molar-refractivity contribution in [1.82, 2.24) is 4.98 Å². The summed E-state index contributed by atoms with van der Waals surface area (Å²) in [6, 6.07) is 13.2. The normalized spacial score (nSPS) is 17.3. The summed E-state index contributed by atoms with van der Waals surface area (Å²) < 4.78 is 5.91. The van der Waals surface area contributed by atoms with Crippen molar-refractivity contribution in [1.29, 1.82) is 0 Å². The second kappa shape index (κ2) is 9.52. The van der Waals surface area contributed by atoms with Gasteiger partial charge >= 0.3 is 11.9 Å². The first-order chi connectivity index (χ1) is 16.2. The smallest absolute Gasteiger partial charge is 0.350 e. The minimum atomic E-state index is -0.921. The third-order valence-corrected chi connectivity index (χ3v) is 7.07. The van der Waals surface area contributed by atoms with Crippen molar-refractivity contribution in [2.24, 2.45) is 0 Å². The van der Waals surface area contributed by atoms with E-state index in [1.165, 1.54) is 4.90 Å². The molecule has 7 nitrogen and oxygen atoms in total. The number of aliphatic hydroxyl groups is 1. The lowest BCUT2D eigenvalue weighted by molar-refractivity contribution is -0.132. The van der Waals surface area contributed by atoms with Gasteiger partial charge in [-0.3, -0.25) is 14.5 Å². The van der Waals surface area contributed by atoms with Crippen LogP contribution in [0.25, 0.3) is 5.76 Å². The Bertz CT molecular complexity index is 1310. The van der Waals surface area contributed by atoms with Crippen LogP contribution in [0.2, 0.25) is 0 Å². The third kappa shape index (κ3) is 4.28. The van der Waals surface area contributed by atoms with Crippen molar-refractivity contribution in [2.75, 3.05) is 11.5 Å². The zero-order valence-electron chi connectivity index (χ0n) is 18.7. The van der Waals surface area contributed by atoms with Gasteiger partial charge in [0.05, 0.1) is 23.9 Å². The molecule has 9 heteroatoms. The molecule has 1 atom stereocenters. The molecule has 1 fully saturated rings. The second-order valence-corrected chi connectivity index (χ2v) is 9.61. The number of Topliss-reactive ketones (excluding diaryl/α,β-unsaturated/α-hetero) is 1. The molecular formula is C25H21BrN2O5S. The molecule has 2 heterocycles. The number of aliphatic hydroxyl groups excluding tert-OH is 1. The summed E-state index contributed by atoms with van der Waals surface area (Å²) in [5, 5.41) is 11.3. The monoisotopic (exact) mass is 540 g/mol. The Labute approximate surface area is 208 Å². The Balaban J connectivity index is 1.90. The number of rotatable bonds is 5. The van der Waals surface area contributed by atoms with Gasteiger partial charge in [0, 0.05) is 10.0 Å². The molecule has 174 valence electrons. The SMILES string of the molecule is CCOC(=O)c1sc(N2C(=O)C(=O)C(=C(O)c3ccc(C)cc3)C2c2ccc(Br)cc2)nc1C. The Morgan fingerprint density at radius 3 is 2.38 bits per heavy atom. The van der Waals surface area contributed by atoms with Crippen LogP contribution in [-0.4, -0.2) is 34.4 Å². The quantitative estimate of drug-likeness (QED) is 0.203. The van der Waals surface area contributed by atoms with E-state index < -0.39 is 23.7 Å². The fourth-order valence-corrected chi connectivity index (χ4v) is 4.98. The van der Waals surface area contributed by atoms with Gasteiger partial charge in [-0.15, -0.1) is 0 Å². The van der Waals surface area contributed by atoms with Crippen molar-refractivity contribution >= 4 is 55.8 Å². The van der Waals surface area contributed by atoms with E-state index in [2.05, 4.69) is 20.9 Å². The van der Waals surface area contributed by atoms with Gasteiger partial charge in [0.2, 0.25) is 0 Å². The van der Waals surface area contributed by atoms with E-state index in [-0.39, 0.29) is 27.9 Å². The van der Waals surface area contributed by atoms with Crippen LogP contribution >= 0.6 is 27.3 Å². The number of hydrogen-bond acceptors (Lipinski definition) is 7. The molecule has 1 saturated heterocycles. The maximum absolute atomic E-state index is 13.2. The van der Waals surface area contributed by atoms with Gasteiger partial charge in [-0.1, -0.05) is 69.2 Å². The number of thiazole rings is 1. The molecule has 1 aliphatic heterocycles. The highest BCUT2D eigenvalue weighted by Gasteiger charge is 2.48. The highest BCUT2D eigenvalue weighted by Crippen LogP contribution is 2.44. The average molecular weight is 541 g/mol. The number of nitrogens with zero attached hydrogens (tertiary/aromatic N) is 2. The van der Waals surface area contributed by atoms with Crippen LogP contribution in [0.1, 0.15) is 45.0 Å². The summed E-state index contributed by atoms with van der Waals surface area (Å²) in [6.07, 6.45) is 0. The number of carbonyl (C=O) groups is 3. The first kappa shape index (κ1) is 23.8. The standard InChI is InChI=1S/C25H21BrN2O5S/c1-4-33-24(32)22-14(3)27-25(34-22)28-19(15-9-11-17(26)12-10-15)18(21(30)23(28)31)20(29)16-7-5-13(2)6-8-16/h5-12,19,29H,4H2,1-3H3. The Morgan fingerprint density at radius 1 is 1.12 bits per heavy atom.